The lowest BCUT2D eigenvalue weighted by atomic mass is 10.4. The van der Waals surface area contributed by atoms with E-state index < -0.39 is 10.0 Å². The molecule has 3 rings (SSSR count). The Balaban J connectivity index is 1.91. The summed E-state index contributed by atoms with van der Waals surface area (Å²) in [6.45, 7) is 2.16. The fourth-order valence-electron chi connectivity index (χ4n) is 2.22. The van der Waals surface area contributed by atoms with Gasteiger partial charge in [-0.15, -0.1) is 0 Å². The van der Waals surface area contributed by atoms with Gasteiger partial charge in [0.05, 0.1) is 11.4 Å². The van der Waals surface area contributed by atoms with E-state index in [-0.39, 0.29) is 6.04 Å². The fourth-order valence-corrected chi connectivity index (χ4v) is 3.90. The summed E-state index contributed by atoms with van der Waals surface area (Å²) < 4.78 is 32.5. The first-order valence-electron chi connectivity index (χ1n) is 6.69. The monoisotopic (exact) mass is 291 g/mol. The number of hydrogen-bond donors (Lipinski definition) is 0. The van der Waals surface area contributed by atoms with Crippen LogP contribution in [0.4, 0.5) is 0 Å². The Morgan fingerprint density at radius 1 is 1.15 bits per heavy atom. The first kappa shape index (κ1) is 13.4. The highest BCUT2D eigenvalue weighted by atomic mass is 32.2. The maximum absolute atomic E-state index is 12.7. The van der Waals surface area contributed by atoms with Crippen LogP contribution in [0.25, 0.3) is 0 Å². The predicted octanol–water partition coefficient (Wildman–Crippen LogP) is 2.94. The smallest absolute Gasteiger partial charge is 0.243 e. The van der Waals surface area contributed by atoms with E-state index in [9.17, 15) is 8.42 Å². The van der Waals surface area contributed by atoms with Crippen molar-refractivity contribution in [3.63, 3.8) is 0 Å². The number of rotatable bonds is 5. The minimum atomic E-state index is -3.45. The van der Waals surface area contributed by atoms with Crippen molar-refractivity contribution in [3.8, 4) is 0 Å². The summed E-state index contributed by atoms with van der Waals surface area (Å²) in [6.07, 6.45) is 1.84. The van der Waals surface area contributed by atoms with Crippen LogP contribution >= 0.6 is 0 Å². The molecule has 0 unspecified atom stereocenters. The lowest BCUT2D eigenvalue weighted by molar-refractivity contribution is 0.351. The van der Waals surface area contributed by atoms with Crippen LogP contribution in [0.1, 0.15) is 24.4 Å². The van der Waals surface area contributed by atoms with Gasteiger partial charge in [-0.2, -0.15) is 4.31 Å². The van der Waals surface area contributed by atoms with Crippen LogP contribution in [-0.4, -0.2) is 18.8 Å². The summed E-state index contributed by atoms with van der Waals surface area (Å²) in [7, 11) is -3.45. The van der Waals surface area contributed by atoms with Gasteiger partial charge in [0, 0.05) is 6.04 Å². The van der Waals surface area contributed by atoms with Gasteiger partial charge in [-0.05, 0) is 44.0 Å². The largest absolute Gasteiger partial charge is 0.465 e. The van der Waals surface area contributed by atoms with E-state index in [2.05, 4.69) is 0 Å². The molecule has 0 N–H and O–H groups in total. The molecule has 1 fully saturated rings. The maximum Gasteiger partial charge on any atom is 0.243 e. The molecule has 1 aliphatic rings. The summed E-state index contributed by atoms with van der Waals surface area (Å²) >= 11 is 0. The fraction of sp³-hybridized carbons (Fsp3) is 0.333. The lowest BCUT2D eigenvalue weighted by Gasteiger charge is -2.20. The zero-order valence-electron chi connectivity index (χ0n) is 11.3. The van der Waals surface area contributed by atoms with Crippen molar-refractivity contribution in [1.29, 1.82) is 0 Å². The number of benzene rings is 1. The van der Waals surface area contributed by atoms with Crippen molar-refractivity contribution >= 4 is 10.0 Å². The van der Waals surface area contributed by atoms with E-state index in [1.165, 1.54) is 0 Å². The van der Waals surface area contributed by atoms with Crippen molar-refractivity contribution in [3.05, 3.63) is 54.0 Å². The van der Waals surface area contributed by atoms with Gasteiger partial charge in [-0.3, -0.25) is 0 Å². The first-order valence-corrected chi connectivity index (χ1v) is 8.13. The highest BCUT2D eigenvalue weighted by Gasteiger charge is 2.38. The minimum Gasteiger partial charge on any atom is -0.465 e. The number of hydrogen-bond acceptors (Lipinski definition) is 3. The van der Waals surface area contributed by atoms with Crippen LogP contribution in [0, 0.1) is 6.92 Å². The molecule has 1 aromatic heterocycles. The summed E-state index contributed by atoms with van der Waals surface area (Å²) in [4.78, 5) is 0.343. The highest BCUT2D eigenvalue weighted by molar-refractivity contribution is 7.89. The van der Waals surface area contributed by atoms with Crippen LogP contribution < -0.4 is 0 Å². The number of aryl methyl sites for hydroxylation is 1. The summed E-state index contributed by atoms with van der Waals surface area (Å²) in [5, 5.41) is 0. The average Bonchev–Trinajstić information content (AvgIpc) is 3.20. The summed E-state index contributed by atoms with van der Waals surface area (Å²) in [5.74, 6) is 1.49. The van der Waals surface area contributed by atoms with E-state index in [4.69, 9.17) is 4.42 Å². The van der Waals surface area contributed by atoms with Gasteiger partial charge in [0.1, 0.15) is 11.5 Å². The molecule has 1 heterocycles. The summed E-state index contributed by atoms with van der Waals surface area (Å²) in [6, 6.07) is 12.4. The highest BCUT2D eigenvalue weighted by Crippen LogP contribution is 2.33. The molecule has 106 valence electrons. The maximum atomic E-state index is 12.7. The van der Waals surface area contributed by atoms with Crippen LogP contribution in [0.2, 0.25) is 0 Å². The first-order chi connectivity index (χ1) is 9.57. The molecule has 0 bridgehead atoms. The van der Waals surface area contributed by atoms with Crippen molar-refractivity contribution in [1.82, 2.24) is 4.31 Å². The zero-order valence-corrected chi connectivity index (χ0v) is 12.1. The Bertz CT molecular complexity index is 687. The van der Waals surface area contributed by atoms with Gasteiger partial charge in [0.2, 0.25) is 10.0 Å². The number of sulfonamides is 1. The molecule has 0 atom stereocenters. The standard InChI is InChI=1S/C15H17NO3S/c1-12-7-10-14(19-12)11-16(13-8-9-13)20(17,18)15-5-3-2-4-6-15/h2-7,10,13H,8-9,11H2,1H3. The van der Waals surface area contributed by atoms with Gasteiger partial charge >= 0.3 is 0 Å². The Morgan fingerprint density at radius 2 is 1.85 bits per heavy atom. The van der Waals surface area contributed by atoms with Gasteiger partial charge in [0.25, 0.3) is 0 Å². The molecule has 0 amide bonds. The second kappa shape index (κ2) is 5.07. The van der Waals surface area contributed by atoms with Crippen LogP contribution in [0.15, 0.2) is 51.8 Å². The third-order valence-electron chi connectivity index (χ3n) is 3.41. The predicted molar refractivity (Wildman–Crippen MR) is 75.6 cm³/mol. The van der Waals surface area contributed by atoms with Crippen molar-refractivity contribution < 1.29 is 12.8 Å². The molecule has 20 heavy (non-hydrogen) atoms. The van der Waals surface area contributed by atoms with E-state index in [1.54, 1.807) is 28.6 Å². The van der Waals surface area contributed by atoms with Crippen LogP contribution in [0.5, 0.6) is 0 Å². The van der Waals surface area contributed by atoms with Crippen molar-refractivity contribution in [2.24, 2.45) is 0 Å². The quantitative estimate of drug-likeness (QED) is 0.851. The van der Waals surface area contributed by atoms with Gasteiger partial charge < -0.3 is 4.42 Å². The van der Waals surface area contributed by atoms with Gasteiger partial charge in [-0.25, -0.2) is 8.42 Å². The molecule has 0 radical (unpaired) electrons. The Morgan fingerprint density at radius 3 is 2.40 bits per heavy atom. The SMILES string of the molecule is Cc1ccc(CN(C2CC2)S(=O)(=O)c2ccccc2)o1. The normalized spacial score (nSPS) is 15.7. The third-order valence-corrected chi connectivity index (χ3v) is 5.32. The second-order valence-corrected chi connectivity index (χ2v) is 7.00. The molecule has 4 nitrogen and oxygen atoms in total. The molecular formula is C15H17NO3S. The number of nitrogens with zero attached hydrogens (tertiary/aromatic N) is 1. The second-order valence-electron chi connectivity index (χ2n) is 5.11. The van der Waals surface area contributed by atoms with Crippen LogP contribution in [0.3, 0.4) is 0 Å². The molecular weight excluding hydrogens is 274 g/mol. The van der Waals surface area contributed by atoms with Crippen molar-refractivity contribution in [2.45, 2.75) is 37.2 Å². The molecule has 0 saturated heterocycles. The molecule has 5 heteroatoms. The van der Waals surface area contributed by atoms with Crippen LogP contribution in [-0.2, 0) is 16.6 Å². The third kappa shape index (κ3) is 2.64. The topological polar surface area (TPSA) is 50.5 Å². The molecule has 1 aromatic carbocycles. The Labute approximate surface area is 119 Å². The van der Waals surface area contributed by atoms with E-state index >= 15 is 0 Å². The zero-order chi connectivity index (χ0) is 14.2. The minimum absolute atomic E-state index is 0.102. The van der Waals surface area contributed by atoms with E-state index in [0.717, 1.165) is 18.6 Å². The molecule has 2 aromatic rings. The summed E-state index contributed by atoms with van der Waals surface area (Å²) in [5.41, 5.74) is 0. The molecule has 1 aliphatic carbocycles. The Hall–Kier alpha value is -1.59. The molecule has 1 saturated carbocycles. The molecule has 0 aliphatic heterocycles. The van der Waals surface area contributed by atoms with E-state index in [0.29, 0.717) is 17.2 Å². The molecule has 0 spiro atoms. The van der Waals surface area contributed by atoms with Gasteiger partial charge in [-0.1, -0.05) is 18.2 Å². The Kier molecular flexibility index (Phi) is 3.40. The van der Waals surface area contributed by atoms with E-state index in [1.807, 2.05) is 25.1 Å². The lowest BCUT2D eigenvalue weighted by Crippen LogP contribution is -2.32. The van der Waals surface area contributed by atoms with Gasteiger partial charge in [0.15, 0.2) is 0 Å². The number of furan rings is 1. The van der Waals surface area contributed by atoms with Crippen molar-refractivity contribution in [2.75, 3.05) is 0 Å². The average molecular weight is 291 g/mol.